The van der Waals surface area contributed by atoms with Crippen molar-refractivity contribution in [2.75, 3.05) is 6.54 Å². The maximum Gasteiger partial charge on any atom is 0.105 e. The third-order valence-corrected chi connectivity index (χ3v) is 4.42. The van der Waals surface area contributed by atoms with E-state index in [1.807, 2.05) is 6.92 Å². The molecular formula is C16H17NOS. The summed E-state index contributed by atoms with van der Waals surface area (Å²) in [5.74, 6) is 0.986. The summed E-state index contributed by atoms with van der Waals surface area (Å²) in [5.41, 5.74) is 2.56. The van der Waals surface area contributed by atoms with Crippen LogP contribution in [0.4, 0.5) is 0 Å². The van der Waals surface area contributed by atoms with Gasteiger partial charge in [0.05, 0.1) is 12.3 Å². The number of aryl methyl sites for hydroxylation is 1. The van der Waals surface area contributed by atoms with E-state index in [9.17, 15) is 0 Å². The van der Waals surface area contributed by atoms with Crippen molar-refractivity contribution in [1.29, 1.82) is 0 Å². The molecule has 19 heavy (non-hydrogen) atoms. The normalized spacial score (nSPS) is 12.9. The van der Waals surface area contributed by atoms with E-state index in [0.717, 1.165) is 12.3 Å². The van der Waals surface area contributed by atoms with Crippen molar-refractivity contribution in [1.82, 2.24) is 5.32 Å². The highest BCUT2D eigenvalue weighted by molar-refractivity contribution is 7.17. The van der Waals surface area contributed by atoms with Crippen LogP contribution in [0.5, 0.6) is 0 Å². The monoisotopic (exact) mass is 271 g/mol. The van der Waals surface area contributed by atoms with Crippen molar-refractivity contribution < 1.29 is 4.42 Å². The van der Waals surface area contributed by atoms with Crippen molar-refractivity contribution >= 4 is 21.4 Å². The van der Waals surface area contributed by atoms with E-state index in [-0.39, 0.29) is 6.04 Å². The minimum atomic E-state index is 0.200. The first-order valence-corrected chi connectivity index (χ1v) is 7.42. The standard InChI is InChI=1S/C16H17NOS/c1-3-17-15(13-7-9-18-11(13)2)14-6-4-5-12-8-10-19-16(12)14/h4-10,15,17H,3H2,1-2H3. The molecule has 0 radical (unpaired) electrons. The molecule has 0 aliphatic heterocycles. The van der Waals surface area contributed by atoms with E-state index in [2.05, 4.69) is 48.0 Å². The molecule has 3 aromatic rings. The van der Waals surface area contributed by atoms with Crippen LogP contribution >= 0.6 is 11.3 Å². The number of hydrogen-bond donors (Lipinski definition) is 1. The summed E-state index contributed by atoms with van der Waals surface area (Å²) in [7, 11) is 0. The lowest BCUT2D eigenvalue weighted by molar-refractivity contribution is 0.520. The van der Waals surface area contributed by atoms with Gasteiger partial charge in [-0.3, -0.25) is 0 Å². The Hall–Kier alpha value is -1.58. The van der Waals surface area contributed by atoms with Crippen LogP contribution in [0.15, 0.2) is 46.4 Å². The Morgan fingerprint density at radius 1 is 1.21 bits per heavy atom. The van der Waals surface area contributed by atoms with E-state index in [1.54, 1.807) is 17.6 Å². The van der Waals surface area contributed by atoms with Crippen LogP contribution in [-0.2, 0) is 0 Å². The number of nitrogens with one attached hydrogen (secondary N) is 1. The molecule has 0 saturated carbocycles. The minimum absolute atomic E-state index is 0.200. The summed E-state index contributed by atoms with van der Waals surface area (Å²) in [4.78, 5) is 0. The Morgan fingerprint density at radius 2 is 2.11 bits per heavy atom. The van der Waals surface area contributed by atoms with Gasteiger partial charge in [-0.05, 0) is 41.9 Å². The highest BCUT2D eigenvalue weighted by Gasteiger charge is 2.19. The molecule has 0 bridgehead atoms. The number of benzene rings is 1. The molecular weight excluding hydrogens is 254 g/mol. The number of furan rings is 1. The summed E-state index contributed by atoms with van der Waals surface area (Å²) < 4.78 is 6.83. The molecule has 1 aromatic carbocycles. The first kappa shape index (κ1) is 12.5. The van der Waals surface area contributed by atoms with Crippen LogP contribution in [0.3, 0.4) is 0 Å². The van der Waals surface area contributed by atoms with Crippen molar-refractivity contribution in [2.45, 2.75) is 19.9 Å². The van der Waals surface area contributed by atoms with Crippen LogP contribution in [-0.4, -0.2) is 6.54 Å². The SMILES string of the molecule is CCNC(c1ccoc1C)c1cccc2ccsc12. The van der Waals surface area contributed by atoms with Gasteiger partial charge in [0.15, 0.2) is 0 Å². The third-order valence-electron chi connectivity index (χ3n) is 3.44. The zero-order chi connectivity index (χ0) is 13.2. The second-order valence-corrected chi connectivity index (χ2v) is 5.53. The fourth-order valence-electron chi connectivity index (χ4n) is 2.53. The highest BCUT2D eigenvalue weighted by Crippen LogP contribution is 2.33. The molecule has 1 atom stereocenters. The van der Waals surface area contributed by atoms with Crippen molar-refractivity contribution in [3.05, 3.63) is 58.9 Å². The average Bonchev–Trinajstić information content (AvgIpc) is 3.04. The molecule has 0 amide bonds. The fraction of sp³-hybridized carbons (Fsp3) is 0.250. The van der Waals surface area contributed by atoms with Crippen LogP contribution in [0, 0.1) is 6.92 Å². The van der Waals surface area contributed by atoms with Crippen LogP contribution in [0.1, 0.15) is 29.9 Å². The van der Waals surface area contributed by atoms with Crippen molar-refractivity contribution in [2.24, 2.45) is 0 Å². The summed E-state index contributed by atoms with van der Waals surface area (Å²) in [6.45, 7) is 5.09. The van der Waals surface area contributed by atoms with E-state index in [0.29, 0.717) is 0 Å². The van der Waals surface area contributed by atoms with Gasteiger partial charge in [0.25, 0.3) is 0 Å². The van der Waals surface area contributed by atoms with Gasteiger partial charge in [0, 0.05) is 10.3 Å². The molecule has 1 N–H and O–H groups in total. The van der Waals surface area contributed by atoms with Crippen molar-refractivity contribution in [3.8, 4) is 0 Å². The number of thiophene rings is 1. The van der Waals surface area contributed by atoms with E-state index in [4.69, 9.17) is 4.42 Å². The Labute approximate surface area is 117 Å². The molecule has 2 nitrogen and oxygen atoms in total. The van der Waals surface area contributed by atoms with Gasteiger partial charge < -0.3 is 9.73 Å². The summed E-state index contributed by atoms with van der Waals surface area (Å²) >= 11 is 1.80. The summed E-state index contributed by atoms with van der Waals surface area (Å²) in [5, 5.41) is 7.03. The zero-order valence-electron chi connectivity index (χ0n) is 11.1. The Kier molecular flexibility index (Phi) is 3.40. The second-order valence-electron chi connectivity index (χ2n) is 4.61. The lowest BCUT2D eigenvalue weighted by Crippen LogP contribution is -2.22. The highest BCUT2D eigenvalue weighted by atomic mass is 32.1. The lowest BCUT2D eigenvalue weighted by atomic mass is 9.98. The van der Waals surface area contributed by atoms with E-state index in [1.165, 1.54) is 21.2 Å². The molecule has 0 spiro atoms. The largest absolute Gasteiger partial charge is 0.469 e. The Bertz CT molecular complexity index is 683. The maximum atomic E-state index is 5.47. The van der Waals surface area contributed by atoms with Gasteiger partial charge in [-0.15, -0.1) is 11.3 Å². The van der Waals surface area contributed by atoms with Crippen LogP contribution in [0.25, 0.3) is 10.1 Å². The van der Waals surface area contributed by atoms with E-state index >= 15 is 0 Å². The first-order valence-electron chi connectivity index (χ1n) is 6.54. The lowest BCUT2D eigenvalue weighted by Gasteiger charge is -2.18. The molecule has 3 rings (SSSR count). The zero-order valence-corrected chi connectivity index (χ0v) is 12.0. The quantitative estimate of drug-likeness (QED) is 0.755. The molecule has 2 heterocycles. The Morgan fingerprint density at radius 3 is 2.84 bits per heavy atom. The van der Waals surface area contributed by atoms with Crippen LogP contribution in [0.2, 0.25) is 0 Å². The number of rotatable bonds is 4. The molecule has 98 valence electrons. The molecule has 3 heteroatoms. The average molecular weight is 271 g/mol. The maximum absolute atomic E-state index is 5.47. The first-order chi connectivity index (χ1) is 9.31. The van der Waals surface area contributed by atoms with Gasteiger partial charge >= 0.3 is 0 Å². The summed E-state index contributed by atoms with van der Waals surface area (Å²) in [6, 6.07) is 10.9. The summed E-state index contributed by atoms with van der Waals surface area (Å²) in [6.07, 6.45) is 1.77. The van der Waals surface area contributed by atoms with Gasteiger partial charge in [-0.2, -0.15) is 0 Å². The molecule has 2 aromatic heterocycles. The predicted octanol–water partition coefficient (Wildman–Crippen LogP) is 4.50. The number of fused-ring (bicyclic) bond motifs is 1. The second kappa shape index (κ2) is 5.19. The van der Waals surface area contributed by atoms with Gasteiger partial charge in [0.1, 0.15) is 5.76 Å². The minimum Gasteiger partial charge on any atom is -0.469 e. The topological polar surface area (TPSA) is 25.2 Å². The van der Waals surface area contributed by atoms with Crippen molar-refractivity contribution in [3.63, 3.8) is 0 Å². The molecule has 0 aliphatic carbocycles. The molecule has 0 fully saturated rings. The smallest absolute Gasteiger partial charge is 0.105 e. The molecule has 0 saturated heterocycles. The van der Waals surface area contributed by atoms with Gasteiger partial charge in [-0.25, -0.2) is 0 Å². The third kappa shape index (κ3) is 2.20. The predicted molar refractivity (Wildman–Crippen MR) is 80.8 cm³/mol. The number of hydrogen-bond acceptors (Lipinski definition) is 3. The van der Waals surface area contributed by atoms with Gasteiger partial charge in [0.2, 0.25) is 0 Å². The van der Waals surface area contributed by atoms with Gasteiger partial charge in [-0.1, -0.05) is 25.1 Å². The van der Waals surface area contributed by atoms with E-state index < -0.39 is 0 Å². The molecule has 1 unspecified atom stereocenters. The molecule has 0 aliphatic rings. The fourth-order valence-corrected chi connectivity index (χ4v) is 3.47. The Balaban J connectivity index is 2.15. The van der Waals surface area contributed by atoms with Crippen LogP contribution < -0.4 is 5.32 Å².